The van der Waals surface area contributed by atoms with E-state index >= 15 is 0 Å². The number of imide groups is 1. The van der Waals surface area contributed by atoms with Crippen LogP contribution in [-0.4, -0.2) is 111 Å². The molecule has 1 fully saturated rings. The number of benzene rings is 1. The Kier molecular flexibility index (Phi) is 11.8. The molecule has 2 aliphatic rings. The second-order valence-corrected chi connectivity index (χ2v) is 9.51. The predicted octanol–water partition coefficient (Wildman–Crippen LogP) is -1.20. The number of aliphatic carboxylic acids is 1. The molecule has 2 heterocycles. The SMILES string of the molecule is O=C(CCN1C(=O)C=CC1=O)NCCC(=O)Nc1cc(/C=C/COC(=O)S)ccc1O[C@@H]1O[C@H](C(=O)O)[C@@H](O)[C@H](O)[C@H]1O. The van der Waals surface area contributed by atoms with Gasteiger partial charge in [0.25, 0.3) is 11.8 Å². The summed E-state index contributed by atoms with van der Waals surface area (Å²) in [4.78, 5) is 71.1. The molecule has 0 aromatic heterocycles. The van der Waals surface area contributed by atoms with E-state index in [-0.39, 0.29) is 44.0 Å². The van der Waals surface area contributed by atoms with Crippen molar-refractivity contribution in [1.29, 1.82) is 0 Å². The number of rotatable bonds is 13. The molecular formula is C26H29N3O13S. The lowest BCUT2D eigenvalue weighted by Crippen LogP contribution is -2.61. The zero-order valence-corrected chi connectivity index (χ0v) is 23.2. The first-order chi connectivity index (χ1) is 20.4. The molecule has 0 radical (unpaired) electrons. The maximum atomic E-state index is 12.7. The molecule has 0 saturated carbocycles. The number of carbonyl (C=O) groups excluding carboxylic acids is 5. The average molecular weight is 624 g/mol. The third-order valence-electron chi connectivity index (χ3n) is 6.08. The highest BCUT2D eigenvalue weighted by molar-refractivity contribution is 7.96. The molecule has 17 heteroatoms. The fourth-order valence-electron chi connectivity index (χ4n) is 3.91. The number of anilines is 1. The lowest BCUT2D eigenvalue weighted by molar-refractivity contribution is -0.271. The number of aliphatic hydroxyl groups is 3. The minimum absolute atomic E-state index is 0.0199. The molecule has 0 spiro atoms. The number of amides is 4. The summed E-state index contributed by atoms with van der Waals surface area (Å²) in [5.41, 5.74) is 0.502. The van der Waals surface area contributed by atoms with Crippen molar-refractivity contribution in [3.8, 4) is 5.75 Å². The highest BCUT2D eigenvalue weighted by Gasteiger charge is 2.48. The first-order valence-electron chi connectivity index (χ1n) is 12.7. The first-order valence-corrected chi connectivity index (χ1v) is 13.2. The fraction of sp³-hybridized carbons (Fsp3) is 0.385. The third-order valence-corrected chi connectivity index (χ3v) is 6.21. The second-order valence-electron chi connectivity index (χ2n) is 9.15. The molecule has 2 aliphatic heterocycles. The molecule has 1 aromatic rings. The summed E-state index contributed by atoms with van der Waals surface area (Å²) in [6.45, 7) is -0.331. The highest BCUT2D eigenvalue weighted by Crippen LogP contribution is 2.31. The third kappa shape index (κ3) is 9.35. The van der Waals surface area contributed by atoms with Gasteiger partial charge < -0.3 is 45.3 Å². The molecule has 1 saturated heterocycles. The predicted molar refractivity (Wildman–Crippen MR) is 147 cm³/mol. The number of aliphatic hydroxyl groups excluding tert-OH is 3. The summed E-state index contributed by atoms with van der Waals surface area (Å²) in [5.74, 6) is -3.87. The zero-order chi connectivity index (χ0) is 31.7. The van der Waals surface area contributed by atoms with Crippen molar-refractivity contribution in [1.82, 2.24) is 10.2 Å². The molecule has 16 nitrogen and oxygen atoms in total. The van der Waals surface area contributed by atoms with Crippen LogP contribution in [0.1, 0.15) is 18.4 Å². The van der Waals surface area contributed by atoms with Gasteiger partial charge >= 0.3 is 11.3 Å². The first kappa shape index (κ1) is 33.2. The Bertz CT molecular complexity index is 1300. The van der Waals surface area contributed by atoms with Crippen LogP contribution in [0.15, 0.2) is 36.4 Å². The van der Waals surface area contributed by atoms with E-state index in [4.69, 9.17) is 14.2 Å². The smallest absolute Gasteiger partial charge is 0.364 e. The molecule has 0 bridgehead atoms. The second kappa shape index (κ2) is 15.3. The van der Waals surface area contributed by atoms with Gasteiger partial charge in [-0.3, -0.25) is 24.1 Å². The minimum Gasteiger partial charge on any atom is -0.479 e. The van der Waals surface area contributed by atoms with Crippen molar-refractivity contribution < 1.29 is 63.4 Å². The molecule has 0 aliphatic carbocycles. The van der Waals surface area contributed by atoms with E-state index in [0.29, 0.717) is 5.56 Å². The van der Waals surface area contributed by atoms with Crippen molar-refractivity contribution in [3.05, 3.63) is 42.0 Å². The largest absolute Gasteiger partial charge is 0.479 e. The van der Waals surface area contributed by atoms with Crippen molar-refractivity contribution >= 4 is 59.3 Å². The standard InChI is InChI=1S/C26H29N3O13S/c30-16(8-10-29-18(32)5-6-19(29)33)27-9-7-17(31)28-14-12-13(2-1-11-40-26(39)43)3-4-15(14)41-25-22(36)20(34)21(35)23(42-25)24(37)38/h1-6,12,20-23,25,34-36H,7-11H2,(H,27,30)(H,28,31)(H,37,38)(H,39,43)/b2-1+/t20-,21-,22+,23-,25+/m0/s1. The van der Waals surface area contributed by atoms with Gasteiger partial charge in [0.1, 0.15) is 30.7 Å². The number of nitrogens with zero attached hydrogens (tertiary/aromatic N) is 1. The summed E-state index contributed by atoms with van der Waals surface area (Å²) in [5, 5.41) is 43.8. The van der Waals surface area contributed by atoms with E-state index in [1.807, 2.05) is 0 Å². The van der Waals surface area contributed by atoms with Gasteiger partial charge in [-0.25, -0.2) is 9.59 Å². The number of ether oxygens (including phenoxy) is 3. The van der Waals surface area contributed by atoms with E-state index in [9.17, 15) is 49.2 Å². The number of thiol groups is 1. The summed E-state index contributed by atoms with van der Waals surface area (Å²) in [7, 11) is 0. The quantitative estimate of drug-likeness (QED) is 0.0777. The number of hydrogen-bond donors (Lipinski definition) is 7. The fourth-order valence-corrected chi connectivity index (χ4v) is 3.99. The van der Waals surface area contributed by atoms with Gasteiger partial charge in [-0.15, -0.1) is 0 Å². The van der Waals surface area contributed by atoms with Crippen LogP contribution in [0.5, 0.6) is 5.75 Å². The van der Waals surface area contributed by atoms with E-state index < -0.39 is 65.6 Å². The average Bonchev–Trinajstić information content (AvgIpc) is 3.27. The minimum atomic E-state index is -1.94. The normalized spacial score (nSPS) is 23.3. The van der Waals surface area contributed by atoms with Crippen LogP contribution in [0.3, 0.4) is 0 Å². The molecule has 5 atom stereocenters. The topological polar surface area (TPSA) is 238 Å². The zero-order valence-electron chi connectivity index (χ0n) is 22.3. The van der Waals surface area contributed by atoms with E-state index in [0.717, 1.165) is 17.1 Å². The Labute approximate surface area is 249 Å². The Hall–Kier alpha value is -4.29. The summed E-state index contributed by atoms with van der Waals surface area (Å²) in [6, 6.07) is 4.28. The summed E-state index contributed by atoms with van der Waals surface area (Å²) in [6.07, 6.45) is -4.57. The lowest BCUT2D eigenvalue weighted by atomic mass is 9.99. The van der Waals surface area contributed by atoms with Crippen molar-refractivity contribution in [2.45, 2.75) is 43.5 Å². The van der Waals surface area contributed by atoms with E-state index in [1.54, 1.807) is 0 Å². The van der Waals surface area contributed by atoms with Crippen molar-refractivity contribution in [2.24, 2.45) is 0 Å². The molecule has 1 aromatic carbocycles. The number of carboxylic acids is 1. The molecule has 3 rings (SSSR count). The van der Waals surface area contributed by atoms with Crippen LogP contribution >= 0.6 is 12.6 Å². The van der Waals surface area contributed by atoms with Crippen LogP contribution in [0.4, 0.5) is 10.5 Å². The summed E-state index contributed by atoms with van der Waals surface area (Å²) < 4.78 is 15.4. The Morgan fingerprint density at radius 3 is 2.35 bits per heavy atom. The van der Waals surface area contributed by atoms with E-state index in [2.05, 4.69) is 23.3 Å². The maximum Gasteiger partial charge on any atom is 0.364 e. The van der Waals surface area contributed by atoms with Crippen LogP contribution in [-0.2, 0) is 33.4 Å². The van der Waals surface area contributed by atoms with Gasteiger partial charge in [0, 0.05) is 38.1 Å². The van der Waals surface area contributed by atoms with Crippen LogP contribution in [0.25, 0.3) is 6.08 Å². The maximum absolute atomic E-state index is 12.7. The molecule has 0 unspecified atom stereocenters. The van der Waals surface area contributed by atoms with Gasteiger partial charge in [-0.1, -0.05) is 24.8 Å². The van der Waals surface area contributed by atoms with Gasteiger partial charge in [0.2, 0.25) is 18.1 Å². The molecular weight excluding hydrogens is 594 g/mol. The number of nitrogens with one attached hydrogen (secondary N) is 2. The highest BCUT2D eigenvalue weighted by atomic mass is 32.1. The monoisotopic (exact) mass is 623 g/mol. The van der Waals surface area contributed by atoms with Gasteiger partial charge in [0.05, 0.1) is 5.69 Å². The number of carboxylic acid groups (broad SMARTS) is 1. The van der Waals surface area contributed by atoms with Crippen molar-refractivity contribution in [2.75, 3.05) is 25.0 Å². The van der Waals surface area contributed by atoms with Crippen LogP contribution in [0, 0.1) is 0 Å². The lowest BCUT2D eigenvalue weighted by Gasteiger charge is -2.38. The Morgan fingerprint density at radius 2 is 1.70 bits per heavy atom. The van der Waals surface area contributed by atoms with Gasteiger partial charge in [-0.2, -0.15) is 0 Å². The molecule has 4 amide bonds. The van der Waals surface area contributed by atoms with Gasteiger partial charge in [0.15, 0.2) is 6.10 Å². The van der Waals surface area contributed by atoms with Gasteiger partial charge in [-0.05, 0) is 23.8 Å². The van der Waals surface area contributed by atoms with Crippen LogP contribution < -0.4 is 15.4 Å². The molecule has 6 N–H and O–H groups in total. The molecule has 232 valence electrons. The van der Waals surface area contributed by atoms with Crippen molar-refractivity contribution in [3.63, 3.8) is 0 Å². The summed E-state index contributed by atoms with van der Waals surface area (Å²) >= 11 is 3.49. The van der Waals surface area contributed by atoms with E-state index in [1.165, 1.54) is 30.4 Å². The Morgan fingerprint density at radius 1 is 1.00 bits per heavy atom. The number of hydrogen-bond acceptors (Lipinski definition) is 12. The Balaban J connectivity index is 1.66. The molecule has 43 heavy (non-hydrogen) atoms. The number of carbonyl (C=O) groups is 6. The van der Waals surface area contributed by atoms with Crippen LogP contribution in [0.2, 0.25) is 0 Å².